The van der Waals surface area contributed by atoms with Gasteiger partial charge in [-0.3, -0.25) is 19.3 Å². The number of aromatic nitrogens is 1. The zero-order valence-electron chi connectivity index (χ0n) is 15.6. The van der Waals surface area contributed by atoms with Crippen molar-refractivity contribution in [2.24, 2.45) is 0 Å². The van der Waals surface area contributed by atoms with E-state index in [0.29, 0.717) is 0 Å². The number of aliphatic carboxylic acids is 1. The van der Waals surface area contributed by atoms with Crippen LogP contribution in [0, 0.1) is 27.7 Å². The molecule has 2 amide bonds. The average molecular weight is 384 g/mol. The molecule has 1 aliphatic rings. The molecule has 27 heavy (non-hydrogen) atoms. The van der Waals surface area contributed by atoms with Gasteiger partial charge in [-0.05, 0) is 68.3 Å². The molecule has 0 bridgehead atoms. The van der Waals surface area contributed by atoms with Crippen LogP contribution in [0.3, 0.4) is 0 Å². The minimum Gasteiger partial charge on any atom is -0.480 e. The van der Waals surface area contributed by atoms with E-state index in [2.05, 4.69) is 30.5 Å². The molecule has 140 valence electrons. The quantitative estimate of drug-likeness (QED) is 0.811. The predicted octanol–water partition coefficient (Wildman–Crippen LogP) is 3.83. The fourth-order valence-corrected chi connectivity index (χ4v) is 4.18. The first-order valence-electron chi connectivity index (χ1n) is 8.43. The summed E-state index contributed by atoms with van der Waals surface area (Å²) in [5.41, 5.74) is 6.19. The van der Waals surface area contributed by atoms with Crippen molar-refractivity contribution >= 4 is 35.0 Å². The van der Waals surface area contributed by atoms with Crippen LogP contribution in [0.5, 0.6) is 0 Å². The molecule has 2 heterocycles. The number of carbonyl (C=O) groups excluding carboxylic acids is 2. The third-order valence-corrected chi connectivity index (χ3v) is 5.49. The van der Waals surface area contributed by atoms with Gasteiger partial charge in [0.25, 0.3) is 11.1 Å². The van der Waals surface area contributed by atoms with Gasteiger partial charge in [0.1, 0.15) is 6.54 Å². The van der Waals surface area contributed by atoms with Crippen molar-refractivity contribution in [1.82, 2.24) is 9.47 Å². The third-order valence-electron chi connectivity index (χ3n) is 4.59. The zero-order valence-corrected chi connectivity index (χ0v) is 16.4. The lowest BCUT2D eigenvalue weighted by atomic mass is 10.1. The van der Waals surface area contributed by atoms with E-state index in [1.807, 2.05) is 26.0 Å². The monoisotopic (exact) mass is 384 g/mol. The largest absolute Gasteiger partial charge is 0.480 e. The SMILES string of the molecule is Cc1cccc(C)c1-n1c(C)cc(/C=C2/SC(=O)N(CC(=O)O)C2=O)c1C. The molecule has 0 atom stereocenters. The summed E-state index contributed by atoms with van der Waals surface area (Å²) >= 11 is 0.770. The van der Waals surface area contributed by atoms with Crippen LogP contribution in [0.4, 0.5) is 4.79 Å². The van der Waals surface area contributed by atoms with E-state index in [9.17, 15) is 14.4 Å². The number of thioether (sulfide) groups is 1. The first-order valence-corrected chi connectivity index (χ1v) is 9.25. The number of imide groups is 1. The lowest BCUT2D eigenvalue weighted by molar-refractivity contribution is -0.140. The molecule has 0 saturated carbocycles. The molecule has 1 aromatic carbocycles. The molecule has 1 aromatic heterocycles. The Bertz CT molecular complexity index is 983. The number of amides is 2. The Morgan fingerprint density at radius 3 is 2.37 bits per heavy atom. The highest BCUT2D eigenvalue weighted by Crippen LogP contribution is 2.34. The molecule has 0 aliphatic carbocycles. The normalized spacial score (nSPS) is 15.9. The number of carboxylic acid groups (broad SMARTS) is 1. The van der Waals surface area contributed by atoms with Gasteiger partial charge < -0.3 is 9.67 Å². The first kappa shape index (κ1) is 19.0. The number of aryl methyl sites for hydroxylation is 3. The summed E-state index contributed by atoms with van der Waals surface area (Å²) in [5, 5.41) is 8.31. The van der Waals surface area contributed by atoms with Crippen LogP contribution in [0.2, 0.25) is 0 Å². The van der Waals surface area contributed by atoms with Crippen molar-refractivity contribution in [1.29, 1.82) is 0 Å². The Morgan fingerprint density at radius 1 is 1.15 bits per heavy atom. The van der Waals surface area contributed by atoms with E-state index < -0.39 is 23.7 Å². The minimum absolute atomic E-state index is 0.239. The maximum absolute atomic E-state index is 12.4. The smallest absolute Gasteiger partial charge is 0.323 e. The number of carbonyl (C=O) groups is 3. The molecule has 0 unspecified atom stereocenters. The lowest BCUT2D eigenvalue weighted by Gasteiger charge is -2.15. The maximum Gasteiger partial charge on any atom is 0.323 e. The Hall–Kier alpha value is -2.80. The van der Waals surface area contributed by atoms with E-state index >= 15 is 0 Å². The van der Waals surface area contributed by atoms with E-state index in [1.165, 1.54) is 0 Å². The molecule has 0 spiro atoms. The third kappa shape index (κ3) is 3.42. The number of nitrogens with zero attached hydrogens (tertiary/aromatic N) is 2. The van der Waals surface area contributed by atoms with Crippen molar-refractivity contribution in [3.8, 4) is 5.69 Å². The number of benzene rings is 1. The molecule has 1 aliphatic heterocycles. The van der Waals surface area contributed by atoms with Crippen molar-refractivity contribution in [2.75, 3.05) is 6.54 Å². The number of hydrogen-bond donors (Lipinski definition) is 1. The van der Waals surface area contributed by atoms with Crippen molar-refractivity contribution < 1.29 is 19.5 Å². The van der Waals surface area contributed by atoms with Crippen LogP contribution in [-0.4, -0.2) is 38.2 Å². The van der Waals surface area contributed by atoms with Gasteiger partial charge in [0.05, 0.1) is 10.6 Å². The molecule has 2 aromatic rings. The lowest BCUT2D eigenvalue weighted by Crippen LogP contribution is -2.33. The Balaban J connectivity index is 2.03. The van der Waals surface area contributed by atoms with Gasteiger partial charge in [-0.25, -0.2) is 0 Å². The second kappa shape index (κ2) is 7.08. The van der Waals surface area contributed by atoms with Gasteiger partial charge in [0, 0.05) is 11.4 Å². The number of para-hydroxylation sites is 1. The molecule has 1 N–H and O–H groups in total. The minimum atomic E-state index is -1.22. The zero-order chi connectivity index (χ0) is 19.9. The van der Waals surface area contributed by atoms with Crippen LogP contribution in [0.25, 0.3) is 11.8 Å². The standard InChI is InChI=1S/C20H20N2O4S/c1-11-6-5-7-12(2)18(11)22-13(3)8-15(14(22)4)9-16-19(25)21(10-17(23)24)20(26)27-16/h5-9H,10H2,1-4H3,(H,23,24)/b16-9+. The Morgan fingerprint density at radius 2 is 1.78 bits per heavy atom. The second-order valence-corrected chi connectivity index (χ2v) is 7.56. The van der Waals surface area contributed by atoms with E-state index in [0.717, 1.165) is 50.4 Å². The Kier molecular flexibility index (Phi) is 4.97. The topological polar surface area (TPSA) is 79.6 Å². The summed E-state index contributed by atoms with van der Waals surface area (Å²) < 4.78 is 2.14. The van der Waals surface area contributed by atoms with Gasteiger partial charge in [-0.2, -0.15) is 0 Å². The molecular formula is C20H20N2O4S. The number of carboxylic acids is 1. The average Bonchev–Trinajstić information content (AvgIpc) is 2.99. The fourth-order valence-electron chi connectivity index (χ4n) is 3.35. The highest BCUT2D eigenvalue weighted by Gasteiger charge is 2.36. The second-order valence-electron chi connectivity index (χ2n) is 6.56. The summed E-state index contributed by atoms with van der Waals surface area (Å²) in [6.45, 7) is 7.44. The van der Waals surface area contributed by atoms with Gasteiger partial charge >= 0.3 is 5.97 Å². The summed E-state index contributed by atoms with van der Waals surface area (Å²) in [7, 11) is 0. The number of rotatable bonds is 4. The molecule has 1 fully saturated rings. The van der Waals surface area contributed by atoms with Gasteiger partial charge in [-0.15, -0.1) is 0 Å². The van der Waals surface area contributed by atoms with E-state index in [-0.39, 0.29) is 4.91 Å². The molecular weight excluding hydrogens is 364 g/mol. The van der Waals surface area contributed by atoms with Crippen molar-refractivity contribution in [3.05, 3.63) is 57.2 Å². The first-order chi connectivity index (χ1) is 12.7. The van der Waals surface area contributed by atoms with E-state index in [1.54, 1.807) is 6.08 Å². The van der Waals surface area contributed by atoms with Crippen molar-refractivity contribution in [2.45, 2.75) is 27.7 Å². The van der Waals surface area contributed by atoms with Crippen LogP contribution < -0.4 is 0 Å². The summed E-state index contributed by atoms with van der Waals surface area (Å²) in [4.78, 5) is 36.2. The summed E-state index contributed by atoms with van der Waals surface area (Å²) in [6.07, 6.45) is 1.67. The molecule has 0 radical (unpaired) electrons. The van der Waals surface area contributed by atoms with Crippen LogP contribution in [-0.2, 0) is 9.59 Å². The van der Waals surface area contributed by atoms with E-state index in [4.69, 9.17) is 5.11 Å². The van der Waals surface area contributed by atoms with Crippen LogP contribution >= 0.6 is 11.8 Å². The maximum atomic E-state index is 12.4. The van der Waals surface area contributed by atoms with Gasteiger partial charge in [-0.1, -0.05) is 18.2 Å². The van der Waals surface area contributed by atoms with Crippen molar-refractivity contribution in [3.63, 3.8) is 0 Å². The molecule has 1 saturated heterocycles. The Labute approximate surface area is 161 Å². The molecule has 3 rings (SSSR count). The van der Waals surface area contributed by atoms with Crippen LogP contribution in [0.1, 0.15) is 28.1 Å². The number of hydrogen-bond acceptors (Lipinski definition) is 4. The predicted molar refractivity (Wildman–Crippen MR) is 105 cm³/mol. The van der Waals surface area contributed by atoms with Gasteiger partial charge in [0.2, 0.25) is 0 Å². The molecule has 6 nitrogen and oxygen atoms in total. The fraction of sp³-hybridized carbons (Fsp3) is 0.250. The highest BCUT2D eigenvalue weighted by atomic mass is 32.2. The van der Waals surface area contributed by atoms with Crippen LogP contribution in [0.15, 0.2) is 29.2 Å². The highest BCUT2D eigenvalue weighted by molar-refractivity contribution is 8.18. The van der Waals surface area contributed by atoms with Gasteiger partial charge in [0.15, 0.2) is 0 Å². The summed E-state index contributed by atoms with van der Waals surface area (Å²) in [5.74, 6) is -1.78. The summed E-state index contributed by atoms with van der Waals surface area (Å²) in [6, 6.07) is 8.09. The molecule has 7 heteroatoms.